The fraction of sp³-hybridized carbons (Fsp3) is 0.571. The summed E-state index contributed by atoms with van der Waals surface area (Å²) in [7, 11) is 2.00. The second-order valence-corrected chi connectivity index (χ2v) is 5.85. The highest BCUT2D eigenvalue weighted by atomic mass is 35.5. The Morgan fingerprint density at radius 2 is 2.00 bits per heavy atom. The van der Waals surface area contributed by atoms with Gasteiger partial charge in [-0.2, -0.15) is 0 Å². The molecule has 0 radical (unpaired) electrons. The van der Waals surface area contributed by atoms with Crippen molar-refractivity contribution in [2.75, 3.05) is 13.6 Å². The summed E-state index contributed by atoms with van der Waals surface area (Å²) in [6, 6.07) is 5.77. The average molecular weight is 274 g/mol. The van der Waals surface area contributed by atoms with Gasteiger partial charge in [-0.15, -0.1) is 0 Å². The van der Waals surface area contributed by atoms with Crippen molar-refractivity contribution in [1.82, 2.24) is 5.32 Å². The van der Waals surface area contributed by atoms with Gasteiger partial charge in [-0.1, -0.05) is 49.5 Å². The Morgan fingerprint density at radius 1 is 1.29 bits per heavy atom. The minimum absolute atomic E-state index is 0.251. The lowest BCUT2D eigenvalue weighted by molar-refractivity contribution is 0.283. The predicted octanol–water partition coefficient (Wildman–Crippen LogP) is 4.56. The van der Waals surface area contributed by atoms with E-state index in [1.54, 1.807) is 0 Å². The first kappa shape index (κ1) is 14.8. The lowest BCUT2D eigenvalue weighted by Gasteiger charge is -2.29. The maximum absolute atomic E-state index is 6.23. The van der Waals surface area contributed by atoms with E-state index in [2.05, 4.69) is 19.2 Å². The topological polar surface area (TPSA) is 12.0 Å². The van der Waals surface area contributed by atoms with Gasteiger partial charge in [-0.3, -0.25) is 0 Å². The van der Waals surface area contributed by atoms with Crippen LogP contribution in [-0.4, -0.2) is 13.6 Å². The zero-order valence-corrected chi connectivity index (χ0v) is 12.3. The first-order valence-corrected chi connectivity index (χ1v) is 6.85. The fourth-order valence-electron chi connectivity index (χ4n) is 2.39. The molecule has 3 heteroatoms. The normalized spacial score (nSPS) is 14.6. The van der Waals surface area contributed by atoms with Gasteiger partial charge in [0, 0.05) is 16.6 Å². The quantitative estimate of drug-likeness (QED) is 0.801. The molecule has 0 heterocycles. The summed E-state index contributed by atoms with van der Waals surface area (Å²) in [6.07, 6.45) is 3.36. The van der Waals surface area contributed by atoms with Crippen LogP contribution >= 0.6 is 23.2 Å². The van der Waals surface area contributed by atoms with Crippen molar-refractivity contribution in [2.24, 2.45) is 5.41 Å². The van der Waals surface area contributed by atoms with Crippen LogP contribution in [0.4, 0.5) is 0 Å². The molecule has 1 aromatic carbocycles. The molecular weight excluding hydrogens is 253 g/mol. The fourth-order valence-corrected chi connectivity index (χ4v) is 2.87. The van der Waals surface area contributed by atoms with Gasteiger partial charge in [0.1, 0.15) is 0 Å². The van der Waals surface area contributed by atoms with E-state index in [9.17, 15) is 0 Å². The zero-order chi connectivity index (χ0) is 12.9. The molecule has 0 aliphatic rings. The van der Waals surface area contributed by atoms with E-state index >= 15 is 0 Å². The molecule has 1 nitrogen and oxygen atoms in total. The third-order valence-corrected chi connectivity index (χ3v) is 3.68. The molecule has 0 saturated carbocycles. The van der Waals surface area contributed by atoms with Crippen molar-refractivity contribution in [3.63, 3.8) is 0 Å². The van der Waals surface area contributed by atoms with Crippen LogP contribution in [0, 0.1) is 5.41 Å². The number of hydrogen-bond donors (Lipinski definition) is 1. The van der Waals surface area contributed by atoms with Gasteiger partial charge in [0.05, 0.1) is 0 Å². The van der Waals surface area contributed by atoms with Crippen LogP contribution in [0.5, 0.6) is 0 Å². The Morgan fingerprint density at radius 3 is 2.53 bits per heavy atom. The van der Waals surface area contributed by atoms with E-state index < -0.39 is 0 Å². The molecule has 0 aliphatic carbocycles. The number of hydrogen-bond acceptors (Lipinski definition) is 1. The number of rotatable bonds is 6. The molecule has 0 aromatic heterocycles. The van der Waals surface area contributed by atoms with Crippen LogP contribution in [0.2, 0.25) is 10.0 Å². The molecule has 1 N–H and O–H groups in total. The second kappa shape index (κ2) is 6.63. The summed E-state index contributed by atoms with van der Waals surface area (Å²) in [5.74, 6) is 0. The van der Waals surface area contributed by atoms with E-state index in [0.717, 1.165) is 18.0 Å². The van der Waals surface area contributed by atoms with Gasteiger partial charge in [0.25, 0.3) is 0 Å². The molecule has 0 fully saturated rings. The van der Waals surface area contributed by atoms with Crippen molar-refractivity contribution in [3.05, 3.63) is 33.8 Å². The first-order valence-electron chi connectivity index (χ1n) is 6.09. The molecule has 96 valence electrons. The summed E-state index contributed by atoms with van der Waals surface area (Å²) >= 11 is 12.1. The van der Waals surface area contributed by atoms with E-state index in [4.69, 9.17) is 23.2 Å². The summed E-state index contributed by atoms with van der Waals surface area (Å²) in [4.78, 5) is 0. The Bertz CT molecular complexity index is 357. The Hall–Kier alpha value is -0.240. The minimum Gasteiger partial charge on any atom is -0.319 e. The Balaban J connectivity index is 2.85. The summed E-state index contributed by atoms with van der Waals surface area (Å²) in [6.45, 7) is 5.52. The van der Waals surface area contributed by atoms with Gasteiger partial charge in [0.2, 0.25) is 0 Å². The van der Waals surface area contributed by atoms with Crippen LogP contribution in [0.25, 0.3) is 0 Å². The molecule has 0 aliphatic heterocycles. The molecule has 1 aromatic rings. The number of halogens is 2. The summed E-state index contributed by atoms with van der Waals surface area (Å²) in [5.41, 5.74) is 1.43. The molecule has 0 spiro atoms. The van der Waals surface area contributed by atoms with E-state index in [1.165, 1.54) is 18.4 Å². The largest absolute Gasteiger partial charge is 0.319 e. The molecule has 1 unspecified atom stereocenters. The van der Waals surface area contributed by atoms with Crippen LogP contribution < -0.4 is 5.32 Å². The highest BCUT2D eigenvalue weighted by molar-refractivity contribution is 6.35. The second-order valence-electron chi connectivity index (χ2n) is 5.00. The van der Waals surface area contributed by atoms with Gasteiger partial charge < -0.3 is 5.32 Å². The molecular formula is C14H21Cl2N. The molecule has 1 rings (SSSR count). The first-order chi connectivity index (χ1) is 8.00. The standard InChI is InChI=1S/C14H21Cl2N/c1-4-7-14(2,10-17-3)9-11-5-6-12(15)8-13(11)16/h5-6,8,17H,4,7,9-10H2,1-3H3. The van der Waals surface area contributed by atoms with Gasteiger partial charge in [0.15, 0.2) is 0 Å². The summed E-state index contributed by atoms with van der Waals surface area (Å²) < 4.78 is 0. The maximum Gasteiger partial charge on any atom is 0.0453 e. The van der Waals surface area contributed by atoms with E-state index in [-0.39, 0.29) is 5.41 Å². The van der Waals surface area contributed by atoms with Gasteiger partial charge in [-0.05, 0) is 43.0 Å². The lowest BCUT2D eigenvalue weighted by Crippen LogP contribution is -2.31. The zero-order valence-electron chi connectivity index (χ0n) is 10.8. The molecule has 17 heavy (non-hydrogen) atoms. The third kappa shape index (κ3) is 4.50. The third-order valence-electron chi connectivity index (χ3n) is 3.09. The highest BCUT2D eigenvalue weighted by Gasteiger charge is 2.23. The van der Waals surface area contributed by atoms with Crippen molar-refractivity contribution in [1.29, 1.82) is 0 Å². The minimum atomic E-state index is 0.251. The number of nitrogens with one attached hydrogen (secondary N) is 1. The molecule has 0 amide bonds. The maximum atomic E-state index is 6.23. The van der Waals surface area contributed by atoms with Crippen molar-refractivity contribution < 1.29 is 0 Å². The van der Waals surface area contributed by atoms with Gasteiger partial charge >= 0.3 is 0 Å². The van der Waals surface area contributed by atoms with E-state index in [0.29, 0.717) is 5.02 Å². The van der Waals surface area contributed by atoms with Crippen molar-refractivity contribution >= 4 is 23.2 Å². The van der Waals surface area contributed by atoms with Gasteiger partial charge in [-0.25, -0.2) is 0 Å². The van der Waals surface area contributed by atoms with E-state index in [1.807, 2.05) is 25.2 Å². The average Bonchev–Trinajstić information content (AvgIpc) is 2.23. The summed E-state index contributed by atoms with van der Waals surface area (Å²) in [5, 5.41) is 4.75. The molecule has 0 saturated heterocycles. The lowest BCUT2D eigenvalue weighted by atomic mass is 9.79. The van der Waals surface area contributed by atoms with Crippen molar-refractivity contribution in [3.8, 4) is 0 Å². The molecule has 1 atom stereocenters. The van der Waals surface area contributed by atoms with Crippen LogP contribution in [0.3, 0.4) is 0 Å². The van der Waals surface area contributed by atoms with Crippen LogP contribution in [0.1, 0.15) is 32.3 Å². The Labute approximate surface area is 115 Å². The van der Waals surface area contributed by atoms with Crippen LogP contribution in [0.15, 0.2) is 18.2 Å². The monoisotopic (exact) mass is 273 g/mol. The highest BCUT2D eigenvalue weighted by Crippen LogP contribution is 2.31. The predicted molar refractivity (Wildman–Crippen MR) is 77.1 cm³/mol. The van der Waals surface area contributed by atoms with Crippen molar-refractivity contribution in [2.45, 2.75) is 33.1 Å². The van der Waals surface area contributed by atoms with Crippen LogP contribution in [-0.2, 0) is 6.42 Å². The SMILES string of the molecule is CCCC(C)(CNC)Cc1ccc(Cl)cc1Cl. The molecule has 0 bridgehead atoms. The smallest absolute Gasteiger partial charge is 0.0453 e. The number of benzene rings is 1. The Kier molecular flexibility index (Phi) is 5.78.